The highest BCUT2D eigenvalue weighted by Gasteiger charge is 2.21. The molecule has 0 atom stereocenters. The fourth-order valence-electron chi connectivity index (χ4n) is 2.55. The highest BCUT2D eigenvalue weighted by atomic mass is 32.2. The molecule has 0 unspecified atom stereocenters. The molecule has 0 saturated heterocycles. The van der Waals surface area contributed by atoms with Crippen molar-refractivity contribution >= 4 is 27.3 Å². The van der Waals surface area contributed by atoms with E-state index in [9.17, 15) is 17.6 Å². The number of nitrogens with zero attached hydrogens (tertiary/aromatic N) is 1. The van der Waals surface area contributed by atoms with E-state index in [1.54, 1.807) is 24.3 Å². The van der Waals surface area contributed by atoms with Crippen molar-refractivity contribution in [1.82, 2.24) is 0 Å². The second-order valence-electron chi connectivity index (χ2n) is 5.89. The molecule has 2 aromatic rings. The summed E-state index contributed by atoms with van der Waals surface area (Å²) < 4.78 is 44.1. The summed E-state index contributed by atoms with van der Waals surface area (Å²) in [7, 11) is -3.54. The number of amides is 1. The number of nitrogens with one attached hydrogen (secondary N) is 1. The van der Waals surface area contributed by atoms with Gasteiger partial charge in [0.25, 0.3) is 0 Å². The van der Waals surface area contributed by atoms with Gasteiger partial charge in [0, 0.05) is 18.7 Å². The zero-order chi connectivity index (χ0) is 19.9. The van der Waals surface area contributed by atoms with Gasteiger partial charge in [0.1, 0.15) is 11.6 Å². The van der Waals surface area contributed by atoms with Gasteiger partial charge in [-0.25, -0.2) is 12.8 Å². The number of anilines is 2. The zero-order valence-corrected chi connectivity index (χ0v) is 16.1. The van der Waals surface area contributed by atoms with Crippen molar-refractivity contribution in [3.05, 3.63) is 54.3 Å². The van der Waals surface area contributed by atoms with Gasteiger partial charge in [0.05, 0.1) is 18.6 Å². The minimum Gasteiger partial charge on any atom is -0.492 e. The van der Waals surface area contributed by atoms with Crippen LogP contribution in [0.2, 0.25) is 0 Å². The summed E-state index contributed by atoms with van der Waals surface area (Å²) in [6, 6.07) is 12.3. The number of rotatable bonds is 9. The van der Waals surface area contributed by atoms with Gasteiger partial charge in [0.2, 0.25) is 15.9 Å². The first kappa shape index (κ1) is 20.7. The van der Waals surface area contributed by atoms with Gasteiger partial charge in [-0.3, -0.25) is 9.10 Å². The molecule has 1 N–H and O–H groups in total. The van der Waals surface area contributed by atoms with E-state index in [1.165, 1.54) is 28.6 Å². The van der Waals surface area contributed by atoms with Gasteiger partial charge in [0.15, 0.2) is 0 Å². The molecule has 0 spiro atoms. The maximum absolute atomic E-state index is 12.9. The number of sulfonamides is 1. The molecule has 2 aromatic carbocycles. The van der Waals surface area contributed by atoms with Crippen LogP contribution in [0.15, 0.2) is 48.5 Å². The Labute approximate surface area is 159 Å². The SMILES string of the molecule is CCOc1ccccc1N(CCCC(=O)Nc1ccc(F)cc1)S(C)(=O)=O. The topological polar surface area (TPSA) is 75.7 Å². The predicted molar refractivity (Wildman–Crippen MR) is 104 cm³/mol. The van der Waals surface area contributed by atoms with Crippen LogP contribution in [0, 0.1) is 5.82 Å². The van der Waals surface area contributed by atoms with Crippen molar-refractivity contribution in [2.24, 2.45) is 0 Å². The number of hydrogen-bond acceptors (Lipinski definition) is 4. The number of ether oxygens (including phenoxy) is 1. The summed E-state index contributed by atoms with van der Waals surface area (Å²) in [5, 5.41) is 2.65. The maximum atomic E-state index is 12.9. The van der Waals surface area contributed by atoms with Gasteiger partial charge in [-0.05, 0) is 49.7 Å². The summed E-state index contributed by atoms with van der Waals surface area (Å²) in [4.78, 5) is 12.0. The first-order valence-corrected chi connectivity index (χ1v) is 10.4. The lowest BCUT2D eigenvalue weighted by atomic mass is 10.2. The third-order valence-electron chi connectivity index (χ3n) is 3.73. The molecule has 0 aliphatic heterocycles. The Balaban J connectivity index is 2.01. The van der Waals surface area contributed by atoms with Crippen molar-refractivity contribution in [1.29, 1.82) is 0 Å². The van der Waals surface area contributed by atoms with Gasteiger partial charge in [-0.2, -0.15) is 0 Å². The first-order chi connectivity index (χ1) is 12.8. The fourth-order valence-corrected chi connectivity index (χ4v) is 3.51. The average molecular weight is 394 g/mol. The molecule has 0 saturated carbocycles. The van der Waals surface area contributed by atoms with E-state index in [2.05, 4.69) is 5.32 Å². The third kappa shape index (κ3) is 6.25. The van der Waals surface area contributed by atoms with Crippen molar-refractivity contribution in [3.63, 3.8) is 0 Å². The summed E-state index contributed by atoms with van der Waals surface area (Å²) >= 11 is 0. The van der Waals surface area contributed by atoms with E-state index < -0.39 is 10.0 Å². The number of para-hydroxylation sites is 2. The number of halogens is 1. The summed E-state index contributed by atoms with van der Waals surface area (Å²) in [6.45, 7) is 2.37. The van der Waals surface area contributed by atoms with Crippen LogP contribution in [-0.4, -0.2) is 33.7 Å². The van der Waals surface area contributed by atoms with Crippen LogP contribution < -0.4 is 14.4 Å². The molecule has 1 amide bonds. The Morgan fingerprint density at radius 3 is 2.44 bits per heavy atom. The number of hydrogen-bond donors (Lipinski definition) is 1. The lowest BCUT2D eigenvalue weighted by Crippen LogP contribution is -2.31. The van der Waals surface area contributed by atoms with Crippen molar-refractivity contribution in [3.8, 4) is 5.75 Å². The van der Waals surface area contributed by atoms with Crippen LogP contribution in [0.3, 0.4) is 0 Å². The smallest absolute Gasteiger partial charge is 0.232 e. The molecular weight excluding hydrogens is 371 g/mol. The van der Waals surface area contributed by atoms with E-state index in [-0.39, 0.29) is 24.7 Å². The molecule has 0 aromatic heterocycles. The lowest BCUT2D eigenvalue weighted by molar-refractivity contribution is -0.116. The van der Waals surface area contributed by atoms with Crippen molar-refractivity contribution in [2.45, 2.75) is 19.8 Å². The van der Waals surface area contributed by atoms with Gasteiger partial charge in [-0.1, -0.05) is 12.1 Å². The molecule has 27 heavy (non-hydrogen) atoms. The average Bonchev–Trinajstić information content (AvgIpc) is 2.61. The molecule has 0 aliphatic rings. The van der Waals surface area contributed by atoms with Crippen LogP contribution >= 0.6 is 0 Å². The Kier molecular flexibility index (Phi) is 7.18. The monoisotopic (exact) mass is 394 g/mol. The Hall–Kier alpha value is -2.61. The second-order valence-corrected chi connectivity index (χ2v) is 7.80. The number of benzene rings is 2. The highest BCUT2D eigenvalue weighted by Crippen LogP contribution is 2.30. The van der Waals surface area contributed by atoms with Gasteiger partial charge < -0.3 is 10.1 Å². The predicted octanol–water partition coefficient (Wildman–Crippen LogP) is 3.41. The normalized spacial score (nSPS) is 11.1. The van der Waals surface area contributed by atoms with Crippen molar-refractivity contribution < 1.29 is 22.3 Å². The number of carbonyl (C=O) groups is 1. The van der Waals surface area contributed by atoms with E-state index in [1.807, 2.05) is 6.92 Å². The second kappa shape index (κ2) is 9.36. The maximum Gasteiger partial charge on any atom is 0.232 e. The quantitative estimate of drug-likeness (QED) is 0.707. The summed E-state index contributed by atoms with van der Waals surface area (Å²) in [6.07, 6.45) is 1.56. The lowest BCUT2D eigenvalue weighted by Gasteiger charge is -2.24. The molecule has 8 heteroatoms. The molecule has 146 valence electrons. The first-order valence-electron chi connectivity index (χ1n) is 8.56. The molecule has 0 aliphatic carbocycles. The van der Waals surface area contributed by atoms with Gasteiger partial charge in [-0.15, -0.1) is 0 Å². The van der Waals surface area contributed by atoms with Gasteiger partial charge >= 0.3 is 0 Å². The van der Waals surface area contributed by atoms with Crippen LogP contribution in [0.1, 0.15) is 19.8 Å². The van der Waals surface area contributed by atoms with E-state index in [0.717, 1.165) is 6.26 Å². The molecule has 2 rings (SSSR count). The summed E-state index contributed by atoms with van der Waals surface area (Å²) in [5.74, 6) is -0.181. The van der Waals surface area contributed by atoms with E-state index >= 15 is 0 Å². The minimum atomic E-state index is -3.54. The number of carbonyl (C=O) groups excluding carboxylic acids is 1. The minimum absolute atomic E-state index is 0.125. The van der Waals surface area contributed by atoms with Crippen LogP contribution in [0.4, 0.5) is 15.8 Å². The molecule has 0 bridgehead atoms. The largest absolute Gasteiger partial charge is 0.492 e. The molecular formula is C19H23FN2O4S. The zero-order valence-electron chi connectivity index (χ0n) is 15.3. The molecule has 0 heterocycles. The van der Waals surface area contributed by atoms with E-state index in [0.29, 0.717) is 30.2 Å². The molecule has 0 radical (unpaired) electrons. The Bertz CT molecular complexity index is 870. The molecule has 6 nitrogen and oxygen atoms in total. The summed E-state index contributed by atoms with van der Waals surface area (Å²) in [5.41, 5.74) is 0.934. The van der Waals surface area contributed by atoms with Crippen LogP contribution in [0.5, 0.6) is 5.75 Å². The van der Waals surface area contributed by atoms with Crippen LogP contribution in [0.25, 0.3) is 0 Å². The fraction of sp³-hybridized carbons (Fsp3) is 0.316. The Morgan fingerprint density at radius 1 is 1.15 bits per heavy atom. The van der Waals surface area contributed by atoms with Crippen LogP contribution in [-0.2, 0) is 14.8 Å². The van der Waals surface area contributed by atoms with Crippen molar-refractivity contribution in [2.75, 3.05) is 29.0 Å². The Morgan fingerprint density at radius 2 is 1.81 bits per heavy atom. The third-order valence-corrected chi connectivity index (χ3v) is 4.91. The highest BCUT2D eigenvalue weighted by molar-refractivity contribution is 7.92. The molecule has 0 fully saturated rings. The van der Waals surface area contributed by atoms with E-state index in [4.69, 9.17) is 4.74 Å². The standard InChI is InChI=1S/C19H23FN2O4S/c1-3-26-18-8-5-4-7-17(18)22(27(2,24)25)14-6-9-19(23)21-16-12-10-15(20)11-13-16/h4-5,7-8,10-13H,3,6,9,14H2,1-2H3,(H,21,23).